The molecule has 0 fully saturated rings. The third kappa shape index (κ3) is 4.52. The Kier molecular flexibility index (Phi) is 5.80. The van der Waals surface area contributed by atoms with Gasteiger partial charge in [0.1, 0.15) is 0 Å². The van der Waals surface area contributed by atoms with Gasteiger partial charge in [-0.05, 0) is 47.4 Å². The van der Waals surface area contributed by atoms with Gasteiger partial charge in [0.05, 0.1) is 0 Å². The number of amides is 2. The zero-order valence-corrected chi connectivity index (χ0v) is 17.4. The Balaban J connectivity index is 1.64. The normalized spacial score (nSPS) is 10.7. The first-order valence-corrected chi connectivity index (χ1v) is 10.2. The van der Waals surface area contributed by atoms with Gasteiger partial charge in [0.2, 0.25) is 0 Å². The van der Waals surface area contributed by atoms with Crippen LogP contribution in [0.15, 0.2) is 91.0 Å². The van der Waals surface area contributed by atoms with Crippen molar-refractivity contribution in [2.24, 2.45) is 0 Å². The van der Waals surface area contributed by atoms with Crippen molar-refractivity contribution >= 4 is 22.5 Å². The number of aryl methyl sites for hydroxylation is 2. The molecule has 30 heavy (non-hydrogen) atoms. The molecular formula is C27H26N2O. The lowest BCUT2D eigenvalue weighted by Gasteiger charge is -2.25. The number of benzene rings is 4. The second kappa shape index (κ2) is 8.83. The van der Waals surface area contributed by atoms with Gasteiger partial charge in [0.15, 0.2) is 0 Å². The van der Waals surface area contributed by atoms with Crippen LogP contribution in [0.5, 0.6) is 0 Å². The zero-order chi connectivity index (χ0) is 20.9. The molecule has 1 N–H and O–H groups in total. The highest BCUT2D eigenvalue weighted by atomic mass is 16.2. The van der Waals surface area contributed by atoms with Crippen LogP contribution in [0.2, 0.25) is 0 Å². The molecule has 0 atom stereocenters. The monoisotopic (exact) mass is 394 g/mol. The molecule has 3 nitrogen and oxygen atoms in total. The Labute approximate surface area is 178 Å². The lowest BCUT2D eigenvalue weighted by atomic mass is 10.0. The number of nitrogens with zero attached hydrogens (tertiary/aromatic N) is 1. The molecule has 0 aromatic heterocycles. The van der Waals surface area contributed by atoms with Crippen molar-refractivity contribution in [3.63, 3.8) is 0 Å². The smallest absolute Gasteiger partial charge is 0.316 e. The van der Waals surface area contributed by atoms with E-state index < -0.39 is 0 Å². The van der Waals surface area contributed by atoms with Gasteiger partial charge in [-0.2, -0.15) is 0 Å². The highest BCUT2D eigenvalue weighted by Gasteiger charge is 2.17. The van der Waals surface area contributed by atoms with Crippen molar-refractivity contribution in [1.82, 2.24) is 4.90 Å². The summed E-state index contributed by atoms with van der Waals surface area (Å²) in [6, 6.07) is 30.7. The first-order chi connectivity index (χ1) is 14.6. The van der Waals surface area contributed by atoms with Crippen LogP contribution in [0, 0.1) is 13.8 Å². The van der Waals surface area contributed by atoms with Crippen LogP contribution < -0.4 is 5.32 Å². The molecule has 0 radical (unpaired) electrons. The van der Waals surface area contributed by atoms with E-state index in [-0.39, 0.29) is 6.03 Å². The molecule has 4 aromatic carbocycles. The summed E-state index contributed by atoms with van der Waals surface area (Å²) in [4.78, 5) is 15.2. The fourth-order valence-corrected chi connectivity index (χ4v) is 3.79. The van der Waals surface area contributed by atoms with Crippen molar-refractivity contribution in [3.05, 3.63) is 113 Å². The topological polar surface area (TPSA) is 32.3 Å². The second-order valence-electron chi connectivity index (χ2n) is 7.73. The van der Waals surface area contributed by atoms with Crippen LogP contribution in [0.4, 0.5) is 10.5 Å². The Morgan fingerprint density at radius 2 is 1.53 bits per heavy atom. The molecule has 0 aliphatic carbocycles. The van der Waals surface area contributed by atoms with E-state index in [4.69, 9.17) is 0 Å². The molecule has 150 valence electrons. The molecular weight excluding hydrogens is 368 g/mol. The van der Waals surface area contributed by atoms with Crippen molar-refractivity contribution < 1.29 is 4.79 Å². The summed E-state index contributed by atoms with van der Waals surface area (Å²) in [5, 5.41) is 5.48. The highest BCUT2D eigenvalue weighted by molar-refractivity contribution is 5.91. The fourth-order valence-electron chi connectivity index (χ4n) is 3.79. The third-order valence-corrected chi connectivity index (χ3v) is 5.37. The maximum atomic E-state index is 13.3. The van der Waals surface area contributed by atoms with Crippen LogP contribution in [0.3, 0.4) is 0 Å². The minimum absolute atomic E-state index is 0.0984. The number of urea groups is 1. The number of nitrogens with one attached hydrogen (secondary N) is 1. The molecule has 0 unspecified atom stereocenters. The predicted octanol–water partition coefficient (Wildman–Crippen LogP) is 6.69. The number of rotatable bonds is 5. The molecule has 0 aliphatic rings. The highest BCUT2D eigenvalue weighted by Crippen LogP contribution is 2.22. The molecule has 0 spiro atoms. The first kappa shape index (κ1) is 19.7. The number of carbonyl (C=O) groups excluding carboxylic acids is 1. The standard InChI is InChI=1S/C27H26N2O/c1-20-15-16-26(21(2)17-20)28-27(30)29(18-22-9-4-3-5-10-22)19-24-13-8-12-23-11-6-7-14-25(23)24/h3-17H,18-19H2,1-2H3,(H,28,30). The molecule has 4 rings (SSSR count). The minimum atomic E-state index is -0.0984. The van der Waals surface area contributed by atoms with Gasteiger partial charge in [0, 0.05) is 18.8 Å². The largest absolute Gasteiger partial charge is 0.322 e. The van der Waals surface area contributed by atoms with E-state index >= 15 is 0 Å². The summed E-state index contributed by atoms with van der Waals surface area (Å²) in [6.07, 6.45) is 0. The summed E-state index contributed by atoms with van der Waals surface area (Å²) in [6.45, 7) is 5.16. The fraction of sp³-hybridized carbons (Fsp3) is 0.148. The van der Waals surface area contributed by atoms with Crippen LogP contribution >= 0.6 is 0 Å². The van der Waals surface area contributed by atoms with Crippen LogP contribution in [-0.2, 0) is 13.1 Å². The summed E-state index contributed by atoms with van der Waals surface area (Å²) in [7, 11) is 0. The minimum Gasteiger partial charge on any atom is -0.316 e. The Morgan fingerprint density at radius 3 is 2.33 bits per heavy atom. The lowest BCUT2D eigenvalue weighted by molar-refractivity contribution is 0.206. The molecule has 0 saturated carbocycles. The van der Waals surface area contributed by atoms with Crippen LogP contribution in [0.25, 0.3) is 10.8 Å². The van der Waals surface area contributed by atoms with Gasteiger partial charge in [-0.25, -0.2) is 4.79 Å². The van der Waals surface area contributed by atoms with E-state index in [9.17, 15) is 4.79 Å². The molecule has 0 aliphatic heterocycles. The van der Waals surface area contributed by atoms with E-state index in [1.165, 1.54) is 16.3 Å². The molecule has 4 aromatic rings. The molecule has 0 bridgehead atoms. The first-order valence-electron chi connectivity index (χ1n) is 10.2. The summed E-state index contributed by atoms with van der Waals surface area (Å²) < 4.78 is 0. The third-order valence-electron chi connectivity index (χ3n) is 5.37. The van der Waals surface area contributed by atoms with Gasteiger partial charge in [0.25, 0.3) is 0 Å². The molecule has 2 amide bonds. The van der Waals surface area contributed by atoms with Crippen molar-refractivity contribution in [2.75, 3.05) is 5.32 Å². The van der Waals surface area contributed by atoms with Crippen molar-refractivity contribution in [2.45, 2.75) is 26.9 Å². The van der Waals surface area contributed by atoms with E-state index in [1.54, 1.807) is 0 Å². The van der Waals surface area contributed by atoms with Crippen molar-refractivity contribution in [3.8, 4) is 0 Å². The maximum absolute atomic E-state index is 13.3. The Bertz CT molecular complexity index is 1160. The quantitative estimate of drug-likeness (QED) is 0.402. The molecule has 0 heterocycles. The number of fused-ring (bicyclic) bond motifs is 1. The Hall–Kier alpha value is -3.59. The Morgan fingerprint density at radius 1 is 0.800 bits per heavy atom. The van der Waals surface area contributed by atoms with Crippen molar-refractivity contribution in [1.29, 1.82) is 0 Å². The van der Waals surface area contributed by atoms with E-state index in [2.05, 4.69) is 60.8 Å². The number of hydrogen-bond acceptors (Lipinski definition) is 1. The number of hydrogen-bond donors (Lipinski definition) is 1. The lowest BCUT2D eigenvalue weighted by Crippen LogP contribution is -2.34. The molecule has 0 saturated heterocycles. The SMILES string of the molecule is Cc1ccc(NC(=O)N(Cc2ccccc2)Cc2cccc3ccccc23)c(C)c1. The van der Waals surface area contributed by atoms with E-state index in [0.717, 1.165) is 22.4 Å². The predicted molar refractivity (Wildman–Crippen MR) is 125 cm³/mol. The summed E-state index contributed by atoms with van der Waals surface area (Å²) >= 11 is 0. The summed E-state index contributed by atoms with van der Waals surface area (Å²) in [5.74, 6) is 0. The average molecular weight is 395 g/mol. The van der Waals surface area contributed by atoms with Gasteiger partial charge < -0.3 is 10.2 Å². The van der Waals surface area contributed by atoms with E-state index in [1.807, 2.05) is 54.3 Å². The van der Waals surface area contributed by atoms with Gasteiger partial charge >= 0.3 is 6.03 Å². The second-order valence-corrected chi connectivity index (χ2v) is 7.73. The van der Waals surface area contributed by atoms with E-state index in [0.29, 0.717) is 13.1 Å². The van der Waals surface area contributed by atoms with Crippen LogP contribution in [-0.4, -0.2) is 10.9 Å². The number of anilines is 1. The summed E-state index contributed by atoms with van der Waals surface area (Å²) in [5.41, 5.74) is 5.34. The zero-order valence-electron chi connectivity index (χ0n) is 17.4. The maximum Gasteiger partial charge on any atom is 0.322 e. The van der Waals surface area contributed by atoms with Gasteiger partial charge in [-0.3, -0.25) is 0 Å². The van der Waals surface area contributed by atoms with Gasteiger partial charge in [-0.1, -0.05) is 90.5 Å². The molecule has 3 heteroatoms. The van der Waals surface area contributed by atoms with Gasteiger partial charge in [-0.15, -0.1) is 0 Å². The number of carbonyl (C=O) groups is 1. The average Bonchev–Trinajstić information content (AvgIpc) is 2.76. The van der Waals surface area contributed by atoms with Crippen LogP contribution in [0.1, 0.15) is 22.3 Å².